The van der Waals surface area contributed by atoms with E-state index in [-0.39, 0.29) is 22.9 Å². The Morgan fingerprint density at radius 3 is 2.56 bits per heavy atom. The Morgan fingerprint density at radius 2 is 1.84 bits per heavy atom. The number of fused-ring (bicyclic) bond motifs is 4. The van der Waals surface area contributed by atoms with Crippen molar-refractivity contribution in [1.29, 1.82) is 0 Å². The lowest BCUT2D eigenvalue weighted by atomic mass is 9.51. The van der Waals surface area contributed by atoms with Crippen molar-refractivity contribution in [3.63, 3.8) is 0 Å². The number of carbonyl (C=O) groups is 1. The van der Waals surface area contributed by atoms with Gasteiger partial charge in [0, 0.05) is 31.1 Å². The summed E-state index contributed by atoms with van der Waals surface area (Å²) in [7, 11) is 0. The fourth-order valence-electron chi connectivity index (χ4n) is 5.42. The highest BCUT2D eigenvalue weighted by Crippen LogP contribution is 2.57. The average molecular weight is 342 g/mol. The number of hydrogen-bond acceptors (Lipinski definition) is 2. The monoisotopic (exact) mass is 342 g/mol. The molecule has 3 aliphatic rings. The van der Waals surface area contributed by atoms with Crippen LogP contribution in [0.4, 0.5) is 4.79 Å². The van der Waals surface area contributed by atoms with E-state index in [0.717, 1.165) is 50.9 Å². The lowest BCUT2D eigenvalue weighted by Crippen LogP contribution is -2.66. The number of benzene rings is 1. The summed E-state index contributed by atoms with van der Waals surface area (Å²) in [5.74, 6) is 0.386. The van der Waals surface area contributed by atoms with Gasteiger partial charge in [0.25, 0.3) is 0 Å². The molecule has 1 aliphatic carbocycles. The minimum atomic E-state index is -0.0164. The van der Waals surface area contributed by atoms with Gasteiger partial charge in [-0.2, -0.15) is 0 Å². The molecule has 2 aliphatic heterocycles. The Hall–Kier alpha value is -1.71. The van der Waals surface area contributed by atoms with Gasteiger partial charge in [-0.05, 0) is 54.7 Å². The number of carbonyl (C=O) groups excluding carboxylic acids is 1. The van der Waals surface area contributed by atoms with Crippen molar-refractivity contribution in [2.75, 3.05) is 19.6 Å². The first-order chi connectivity index (χ1) is 11.9. The lowest BCUT2D eigenvalue weighted by Gasteiger charge is -2.61. The van der Waals surface area contributed by atoms with Crippen LogP contribution in [0.15, 0.2) is 18.2 Å². The van der Waals surface area contributed by atoms with Crippen LogP contribution in [0.2, 0.25) is 0 Å². The number of piperidine rings is 2. The topological polar surface area (TPSA) is 43.8 Å². The molecule has 2 saturated heterocycles. The van der Waals surface area contributed by atoms with Crippen LogP contribution < -0.4 is 0 Å². The maximum Gasteiger partial charge on any atom is 0.320 e. The largest absolute Gasteiger partial charge is 0.508 e. The van der Waals surface area contributed by atoms with Crippen LogP contribution in [-0.4, -0.2) is 46.6 Å². The molecule has 4 heteroatoms. The molecule has 2 heterocycles. The Balaban J connectivity index is 1.72. The maximum absolute atomic E-state index is 13.2. The van der Waals surface area contributed by atoms with Crippen LogP contribution in [0.25, 0.3) is 0 Å². The van der Waals surface area contributed by atoms with Gasteiger partial charge in [-0.1, -0.05) is 32.9 Å². The number of phenols is 1. The van der Waals surface area contributed by atoms with Crippen LogP contribution in [0.3, 0.4) is 0 Å². The molecule has 2 atom stereocenters. The van der Waals surface area contributed by atoms with Crippen LogP contribution in [-0.2, 0) is 11.8 Å². The number of aromatic hydroxyl groups is 1. The van der Waals surface area contributed by atoms with Gasteiger partial charge in [0.1, 0.15) is 5.75 Å². The maximum atomic E-state index is 13.2. The van der Waals surface area contributed by atoms with Crippen molar-refractivity contribution in [2.45, 2.75) is 64.3 Å². The highest BCUT2D eigenvalue weighted by Gasteiger charge is 2.57. The second-order valence-corrected chi connectivity index (χ2v) is 8.85. The van der Waals surface area contributed by atoms with Gasteiger partial charge in [0.15, 0.2) is 0 Å². The molecule has 0 spiro atoms. The van der Waals surface area contributed by atoms with Crippen molar-refractivity contribution >= 4 is 6.03 Å². The van der Waals surface area contributed by atoms with Gasteiger partial charge < -0.3 is 14.9 Å². The summed E-state index contributed by atoms with van der Waals surface area (Å²) in [6.07, 6.45) is 5.18. The number of urea groups is 1. The molecule has 1 N–H and O–H groups in total. The van der Waals surface area contributed by atoms with Gasteiger partial charge in [0.2, 0.25) is 0 Å². The zero-order valence-electron chi connectivity index (χ0n) is 15.7. The summed E-state index contributed by atoms with van der Waals surface area (Å²) < 4.78 is 0. The molecule has 0 unspecified atom stereocenters. The van der Waals surface area contributed by atoms with Crippen LogP contribution >= 0.6 is 0 Å². The second kappa shape index (κ2) is 5.65. The van der Waals surface area contributed by atoms with Gasteiger partial charge in [-0.25, -0.2) is 4.79 Å². The summed E-state index contributed by atoms with van der Waals surface area (Å²) in [6.45, 7) is 9.53. The van der Waals surface area contributed by atoms with E-state index in [1.54, 1.807) is 6.07 Å². The Labute approximate surface area is 150 Å². The van der Waals surface area contributed by atoms with E-state index >= 15 is 0 Å². The van der Waals surface area contributed by atoms with E-state index in [4.69, 9.17) is 0 Å². The van der Waals surface area contributed by atoms with Gasteiger partial charge in [-0.3, -0.25) is 0 Å². The fraction of sp³-hybridized carbons (Fsp3) is 0.667. The van der Waals surface area contributed by atoms with Gasteiger partial charge in [-0.15, -0.1) is 0 Å². The molecule has 136 valence electrons. The molecule has 25 heavy (non-hydrogen) atoms. The van der Waals surface area contributed by atoms with Crippen LogP contribution in [0, 0.1) is 5.41 Å². The van der Waals surface area contributed by atoms with Crippen molar-refractivity contribution < 1.29 is 9.90 Å². The third-order valence-electron chi connectivity index (χ3n) is 7.50. The molecular formula is C21H30N2O2. The van der Waals surface area contributed by atoms with Crippen molar-refractivity contribution in [3.05, 3.63) is 29.3 Å². The quantitative estimate of drug-likeness (QED) is 0.777. The molecule has 2 fully saturated rings. The van der Waals surface area contributed by atoms with Crippen molar-refractivity contribution in [1.82, 2.24) is 9.80 Å². The standard InChI is InChI=1S/C21H30N2O2/c1-20(2)18-14-15-16(8-7-9-17(15)24)21(20,3)10-13-23(18)19(25)22-11-5-4-6-12-22/h7-9,18,24H,4-6,10-14H2,1-3H3/t18-,21+/m0/s1. The number of hydrogen-bond donors (Lipinski definition) is 1. The number of amides is 2. The smallest absolute Gasteiger partial charge is 0.320 e. The van der Waals surface area contributed by atoms with E-state index in [2.05, 4.69) is 31.7 Å². The molecular weight excluding hydrogens is 312 g/mol. The zero-order valence-corrected chi connectivity index (χ0v) is 15.7. The van der Waals surface area contributed by atoms with E-state index < -0.39 is 0 Å². The first-order valence-electron chi connectivity index (χ1n) is 9.73. The third-order valence-corrected chi connectivity index (χ3v) is 7.50. The highest BCUT2D eigenvalue weighted by atomic mass is 16.3. The zero-order chi connectivity index (χ0) is 17.8. The van der Waals surface area contributed by atoms with E-state index in [1.165, 1.54) is 12.0 Å². The highest BCUT2D eigenvalue weighted by molar-refractivity contribution is 5.75. The molecule has 1 aromatic rings. The fourth-order valence-corrected chi connectivity index (χ4v) is 5.42. The Morgan fingerprint density at radius 1 is 1.12 bits per heavy atom. The first-order valence-corrected chi connectivity index (χ1v) is 9.73. The molecule has 4 nitrogen and oxygen atoms in total. The van der Waals surface area contributed by atoms with Crippen molar-refractivity contribution in [2.24, 2.45) is 5.41 Å². The Kier molecular flexibility index (Phi) is 3.78. The normalized spacial score (nSPS) is 30.8. The first kappa shape index (κ1) is 16.7. The molecule has 4 rings (SSSR count). The molecule has 0 aromatic heterocycles. The molecule has 0 saturated carbocycles. The predicted molar refractivity (Wildman–Crippen MR) is 98.9 cm³/mol. The Bertz CT molecular complexity index is 693. The summed E-state index contributed by atoms with van der Waals surface area (Å²) in [4.78, 5) is 17.4. The molecule has 0 radical (unpaired) electrons. The average Bonchev–Trinajstić information content (AvgIpc) is 2.59. The summed E-state index contributed by atoms with van der Waals surface area (Å²) in [6, 6.07) is 6.27. The van der Waals surface area contributed by atoms with Crippen molar-refractivity contribution in [3.8, 4) is 5.75 Å². The lowest BCUT2D eigenvalue weighted by molar-refractivity contribution is -0.0247. The van der Waals surface area contributed by atoms with Gasteiger partial charge >= 0.3 is 6.03 Å². The molecule has 2 bridgehead atoms. The van der Waals surface area contributed by atoms with Crippen LogP contribution in [0.5, 0.6) is 5.75 Å². The minimum absolute atomic E-state index is 0.0112. The second-order valence-electron chi connectivity index (χ2n) is 8.85. The number of phenolic OH excluding ortho intramolecular Hbond substituents is 1. The van der Waals surface area contributed by atoms with E-state index in [9.17, 15) is 9.90 Å². The third kappa shape index (κ3) is 2.29. The molecule has 1 aromatic carbocycles. The van der Waals surface area contributed by atoms with Crippen LogP contribution in [0.1, 0.15) is 57.6 Å². The predicted octanol–water partition coefficient (Wildman–Crippen LogP) is 3.91. The van der Waals surface area contributed by atoms with E-state index in [1.807, 2.05) is 11.0 Å². The summed E-state index contributed by atoms with van der Waals surface area (Å²) in [5.41, 5.74) is 2.30. The van der Waals surface area contributed by atoms with E-state index in [0.29, 0.717) is 5.75 Å². The number of likely N-dealkylation sites (tertiary alicyclic amines) is 2. The minimum Gasteiger partial charge on any atom is -0.508 e. The SMILES string of the molecule is CC1(C)[C@@H]2Cc3c(O)cccc3[C@@]1(C)CCN2C(=O)N1CCCCC1. The summed E-state index contributed by atoms with van der Waals surface area (Å²) >= 11 is 0. The van der Waals surface area contributed by atoms with Gasteiger partial charge in [0.05, 0.1) is 0 Å². The number of nitrogens with zero attached hydrogens (tertiary/aromatic N) is 2. The summed E-state index contributed by atoms with van der Waals surface area (Å²) in [5, 5.41) is 10.5. The molecule has 2 amide bonds. The number of rotatable bonds is 0.